The fraction of sp³-hybridized carbons (Fsp3) is 0.538. The van der Waals surface area contributed by atoms with E-state index in [0.29, 0.717) is 12.6 Å². The molecule has 0 aliphatic heterocycles. The Morgan fingerprint density at radius 3 is 2.78 bits per heavy atom. The van der Waals surface area contributed by atoms with E-state index in [-0.39, 0.29) is 0 Å². The Hall–Kier alpha value is -1.62. The van der Waals surface area contributed by atoms with Crippen molar-refractivity contribution in [2.75, 3.05) is 0 Å². The predicted molar refractivity (Wildman–Crippen MR) is 69.2 cm³/mol. The van der Waals surface area contributed by atoms with E-state index in [9.17, 15) is 0 Å². The van der Waals surface area contributed by atoms with Crippen molar-refractivity contribution in [2.45, 2.75) is 45.8 Å². The predicted octanol–water partition coefficient (Wildman–Crippen LogP) is 1.54. The summed E-state index contributed by atoms with van der Waals surface area (Å²) in [6.45, 7) is 5.44. The SMILES string of the molecule is Cc1nn(Cc2cncn2C2CC2)c(C)c1CN. The van der Waals surface area contributed by atoms with E-state index in [4.69, 9.17) is 5.73 Å². The molecule has 2 aromatic heterocycles. The molecular formula is C13H19N5. The first-order valence-electron chi connectivity index (χ1n) is 6.44. The van der Waals surface area contributed by atoms with Gasteiger partial charge < -0.3 is 10.3 Å². The second-order valence-corrected chi connectivity index (χ2v) is 5.03. The van der Waals surface area contributed by atoms with Crippen molar-refractivity contribution in [2.24, 2.45) is 5.73 Å². The lowest BCUT2D eigenvalue weighted by Crippen LogP contribution is -2.09. The summed E-state index contributed by atoms with van der Waals surface area (Å²) in [7, 11) is 0. The van der Waals surface area contributed by atoms with Gasteiger partial charge in [-0.2, -0.15) is 5.10 Å². The Labute approximate surface area is 107 Å². The van der Waals surface area contributed by atoms with Gasteiger partial charge in [-0.15, -0.1) is 0 Å². The molecule has 3 rings (SSSR count). The molecule has 1 fully saturated rings. The molecular weight excluding hydrogens is 226 g/mol. The van der Waals surface area contributed by atoms with Gasteiger partial charge in [-0.3, -0.25) is 4.68 Å². The highest BCUT2D eigenvalue weighted by Gasteiger charge is 2.25. The molecule has 2 N–H and O–H groups in total. The highest BCUT2D eigenvalue weighted by Crippen LogP contribution is 2.35. The van der Waals surface area contributed by atoms with Gasteiger partial charge in [0.15, 0.2) is 0 Å². The summed E-state index contributed by atoms with van der Waals surface area (Å²) < 4.78 is 4.31. The first-order chi connectivity index (χ1) is 8.70. The summed E-state index contributed by atoms with van der Waals surface area (Å²) in [5.41, 5.74) is 10.3. The zero-order valence-electron chi connectivity index (χ0n) is 10.9. The maximum Gasteiger partial charge on any atom is 0.0951 e. The fourth-order valence-electron chi connectivity index (χ4n) is 2.47. The Morgan fingerprint density at radius 2 is 2.17 bits per heavy atom. The highest BCUT2D eigenvalue weighted by atomic mass is 15.3. The number of hydrogen-bond donors (Lipinski definition) is 1. The van der Waals surface area contributed by atoms with Crippen molar-refractivity contribution in [3.05, 3.63) is 35.2 Å². The standard InChI is InChI=1S/C13H19N5/c1-9-13(5-14)10(2)18(16-9)7-12-6-15-8-17(12)11-3-4-11/h6,8,11H,3-5,7,14H2,1-2H3. The summed E-state index contributed by atoms with van der Waals surface area (Å²) in [5.74, 6) is 0. The minimum absolute atomic E-state index is 0.555. The van der Waals surface area contributed by atoms with Gasteiger partial charge in [-0.25, -0.2) is 4.98 Å². The molecule has 0 aromatic carbocycles. The van der Waals surface area contributed by atoms with Crippen molar-refractivity contribution in [1.82, 2.24) is 19.3 Å². The molecule has 2 heterocycles. The van der Waals surface area contributed by atoms with Crippen LogP contribution in [0, 0.1) is 13.8 Å². The van der Waals surface area contributed by atoms with E-state index in [1.807, 2.05) is 24.1 Å². The van der Waals surface area contributed by atoms with Gasteiger partial charge in [-0.1, -0.05) is 0 Å². The van der Waals surface area contributed by atoms with Crippen molar-refractivity contribution in [1.29, 1.82) is 0 Å². The zero-order chi connectivity index (χ0) is 12.7. The second kappa shape index (κ2) is 4.24. The number of nitrogens with zero attached hydrogens (tertiary/aromatic N) is 4. The smallest absolute Gasteiger partial charge is 0.0951 e. The van der Waals surface area contributed by atoms with Crippen molar-refractivity contribution in [3.8, 4) is 0 Å². The van der Waals surface area contributed by atoms with Crippen LogP contribution in [-0.2, 0) is 13.1 Å². The summed E-state index contributed by atoms with van der Waals surface area (Å²) in [4.78, 5) is 4.26. The average Bonchev–Trinajstić information content (AvgIpc) is 3.03. The van der Waals surface area contributed by atoms with Gasteiger partial charge in [0.2, 0.25) is 0 Å². The minimum atomic E-state index is 0.555. The molecule has 0 atom stereocenters. The Bertz CT molecular complexity index is 562. The van der Waals surface area contributed by atoms with Gasteiger partial charge >= 0.3 is 0 Å². The molecule has 18 heavy (non-hydrogen) atoms. The number of aromatic nitrogens is 4. The van der Waals surface area contributed by atoms with E-state index in [2.05, 4.69) is 21.6 Å². The van der Waals surface area contributed by atoms with Crippen LogP contribution in [0.25, 0.3) is 0 Å². The molecule has 0 amide bonds. The molecule has 5 heteroatoms. The summed E-state index contributed by atoms with van der Waals surface area (Å²) >= 11 is 0. The number of nitrogens with two attached hydrogens (primary N) is 1. The summed E-state index contributed by atoms with van der Waals surface area (Å²) in [5, 5.41) is 4.57. The molecule has 0 saturated heterocycles. The number of hydrogen-bond acceptors (Lipinski definition) is 3. The largest absolute Gasteiger partial charge is 0.330 e. The van der Waals surface area contributed by atoms with E-state index in [1.54, 1.807) is 0 Å². The van der Waals surface area contributed by atoms with Gasteiger partial charge in [0.25, 0.3) is 0 Å². The second-order valence-electron chi connectivity index (χ2n) is 5.03. The van der Waals surface area contributed by atoms with Crippen LogP contribution >= 0.6 is 0 Å². The Balaban J connectivity index is 1.90. The topological polar surface area (TPSA) is 61.7 Å². The Kier molecular flexibility index (Phi) is 2.70. The van der Waals surface area contributed by atoms with Crippen LogP contribution in [-0.4, -0.2) is 19.3 Å². The van der Waals surface area contributed by atoms with Gasteiger partial charge in [0.1, 0.15) is 0 Å². The molecule has 2 aromatic rings. The van der Waals surface area contributed by atoms with E-state index >= 15 is 0 Å². The number of aryl methyl sites for hydroxylation is 1. The molecule has 5 nitrogen and oxygen atoms in total. The minimum Gasteiger partial charge on any atom is -0.330 e. The van der Waals surface area contributed by atoms with E-state index in [0.717, 1.165) is 17.8 Å². The quantitative estimate of drug-likeness (QED) is 0.888. The summed E-state index contributed by atoms with van der Waals surface area (Å²) in [6.07, 6.45) is 6.42. The van der Waals surface area contributed by atoms with Crippen LogP contribution in [0.3, 0.4) is 0 Å². The molecule has 1 aliphatic rings. The lowest BCUT2D eigenvalue weighted by atomic mass is 10.2. The molecule has 0 unspecified atom stereocenters. The summed E-state index contributed by atoms with van der Waals surface area (Å²) in [6, 6.07) is 0.661. The van der Waals surface area contributed by atoms with Crippen molar-refractivity contribution < 1.29 is 0 Å². The van der Waals surface area contributed by atoms with Gasteiger partial charge in [0, 0.05) is 23.8 Å². The molecule has 1 saturated carbocycles. The van der Waals surface area contributed by atoms with Crippen LogP contribution in [0.1, 0.15) is 41.5 Å². The first-order valence-corrected chi connectivity index (χ1v) is 6.44. The fourth-order valence-corrected chi connectivity index (χ4v) is 2.47. The molecule has 0 radical (unpaired) electrons. The third-order valence-electron chi connectivity index (χ3n) is 3.73. The van der Waals surface area contributed by atoms with Crippen LogP contribution in [0.5, 0.6) is 0 Å². The average molecular weight is 245 g/mol. The monoisotopic (exact) mass is 245 g/mol. The number of rotatable bonds is 4. The van der Waals surface area contributed by atoms with Crippen LogP contribution in [0.2, 0.25) is 0 Å². The van der Waals surface area contributed by atoms with Crippen molar-refractivity contribution in [3.63, 3.8) is 0 Å². The molecule has 96 valence electrons. The molecule has 0 spiro atoms. The third-order valence-corrected chi connectivity index (χ3v) is 3.73. The molecule has 1 aliphatic carbocycles. The van der Waals surface area contributed by atoms with Crippen LogP contribution in [0.4, 0.5) is 0 Å². The van der Waals surface area contributed by atoms with Crippen molar-refractivity contribution >= 4 is 0 Å². The lowest BCUT2D eigenvalue weighted by molar-refractivity contribution is 0.600. The first kappa shape index (κ1) is 11.5. The normalized spacial score (nSPS) is 15.3. The Morgan fingerprint density at radius 1 is 1.39 bits per heavy atom. The van der Waals surface area contributed by atoms with Gasteiger partial charge in [0.05, 0.1) is 30.5 Å². The van der Waals surface area contributed by atoms with Gasteiger partial charge in [-0.05, 0) is 26.7 Å². The third kappa shape index (κ3) is 1.84. The maximum absolute atomic E-state index is 5.76. The van der Waals surface area contributed by atoms with E-state index < -0.39 is 0 Å². The van der Waals surface area contributed by atoms with Crippen LogP contribution < -0.4 is 5.73 Å². The lowest BCUT2D eigenvalue weighted by Gasteiger charge is -2.08. The van der Waals surface area contributed by atoms with Crippen LogP contribution in [0.15, 0.2) is 12.5 Å². The highest BCUT2D eigenvalue weighted by molar-refractivity contribution is 5.24. The van der Waals surface area contributed by atoms with E-state index in [1.165, 1.54) is 24.2 Å². The molecule has 0 bridgehead atoms. The zero-order valence-corrected chi connectivity index (χ0v) is 10.9. The maximum atomic E-state index is 5.76. The number of imidazole rings is 1.